The molecule has 0 amide bonds. The molecule has 7 heteroatoms. The van der Waals surface area contributed by atoms with Crippen LogP contribution in [0, 0.1) is 11.7 Å². The van der Waals surface area contributed by atoms with Gasteiger partial charge in [-0.3, -0.25) is 4.79 Å². The first-order valence-corrected chi connectivity index (χ1v) is 7.80. The van der Waals surface area contributed by atoms with Crippen LogP contribution in [0.5, 0.6) is 0 Å². The van der Waals surface area contributed by atoms with E-state index < -0.39 is 5.82 Å². The highest BCUT2D eigenvalue weighted by molar-refractivity contribution is 5.97. The molecule has 2 heterocycles. The predicted molar refractivity (Wildman–Crippen MR) is 92.3 cm³/mol. The fraction of sp³-hybridized carbons (Fsp3) is 0.222. The highest BCUT2D eigenvalue weighted by Crippen LogP contribution is 2.25. The molecule has 0 spiro atoms. The van der Waals surface area contributed by atoms with Crippen LogP contribution in [0.25, 0.3) is 22.3 Å². The molecule has 0 saturated carbocycles. The third kappa shape index (κ3) is 3.61. The van der Waals surface area contributed by atoms with Crippen LogP contribution < -0.4 is 5.73 Å². The zero-order chi connectivity index (χ0) is 18.0. The lowest BCUT2D eigenvalue weighted by atomic mass is 9.98. The van der Waals surface area contributed by atoms with Gasteiger partial charge in [-0.2, -0.15) is 0 Å². The number of Topliss-reactive ketones (excluding diaryl/α,β-unsaturated/α-hetero) is 1. The number of hydrogen-bond donors (Lipinski definition) is 2. The van der Waals surface area contributed by atoms with Crippen molar-refractivity contribution in [3.05, 3.63) is 48.0 Å². The van der Waals surface area contributed by atoms with Crippen molar-refractivity contribution in [1.29, 1.82) is 0 Å². The first-order valence-electron chi connectivity index (χ1n) is 7.80. The molecule has 3 rings (SSSR count). The third-order valence-corrected chi connectivity index (χ3v) is 3.87. The van der Waals surface area contributed by atoms with E-state index in [4.69, 9.17) is 10.8 Å². The van der Waals surface area contributed by atoms with Crippen molar-refractivity contribution < 1.29 is 14.3 Å². The summed E-state index contributed by atoms with van der Waals surface area (Å²) in [6.07, 6.45) is 1.49. The standard InChI is InChI=1S/C18H17FN4O2/c1-10(8-24)4-16(25)12-5-11(6-13(19)7-12)14-2-3-15-17(23-14)18(20)22-9-21-15/h2-3,5-7,9-10,24H,4,8H2,1H3,(H2,20,21,22). The quantitative estimate of drug-likeness (QED) is 0.692. The van der Waals surface area contributed by atoms with E-state index in [1.54, 1.807) is 25.1 Å². The molecule has 0 fully saturated rings. The van der Waals surface area contributed by atoms with Crippen LogP contribution >= 0.6 is 0 Å². The minimum Gasteiger partial charge on any atom is -0.396 e. The first-order chi connectivity index (χ1) is 12.0. The molecule has 0 radical (unpaired) electrons. The monoisotopic (exact) mass is 340 g/mol. The van der Waals surface area contributed by atoms with Gasteiger partial charge in [0.1, 0.15) is 17.7 Å². The zero-order valence-corrected chi connectivity index (χ0v) is 13.6. The molecule has 25 heavy (non-hydrogen) atoms. The Bertz CT molecular complexity index is 946. The molecule has 128 valence electrons. The van der Waals surface area contributed by atoms with E-state index in [1.165, 1.54) is 18.5 Å². The number of benzene rings is 1. The first kappa shape index (κ1) is 16.9. The van der Waals surface area contributed by atoms with E-state index in [1.807, 2.05) is 0 Å². The number of hydrogen-bond acceptors (Lipinski definition) is 6. The molecule has 1 unspecified atom stereocenters. The Kier molecular flexibility index (Phi) is 4.67. The molecule has 2 aromatic heterocycles. The Hall–Kier alpha value is -2.93. The van der Waals surface area contributed by atoms with Crippen molar-refractivity contribution in [2.75, 3.05) is 12.3 Å². The molecule has 0 saturated heterocycles. The third-order valence-electron chi connectivity index (χ3n) is 3.87. The minimum atomic E-state index is -0.531. The summed E-state index contributed by atoms with van der Waals surface area (Å²) in [4.78, 5) is 24.7. The number of aliphatic hydroxyl groups is 1. The second-order valence-corrected chi connectivity index (χ2v) is 5.97. The maximum Gasteiger partial charge on any atom is 0.163 e. The average molecular weight is 340 g/mol. The summed E-state index contributed by atoms with van der Waals surface area (Å²) in [5.41, 5.74) is 8.00. The van der Waals surface area contributed by atoms with Crippen LogP contribution in [0.2, 0.25) is 0 Å². The molecular formula is C18H17FN4O2. The molecule has 0 aliphatic heterocycles. The molecule has 1 aromatic carbocycles. The summed E-state index contributed by atoms with van der Waals surface area (Å²) >= 11 is 0. The van der Waals surface area contributed by atoms with Gasteiger partial charge in [0.15, 0.2) is 11.6 Å². The van der Waals surface area contributed by atoms with Crippen molar-refractivity contribution in [3.8, 4) is 11.3 Å². The van der Waals surface area contributed by atoms with Gasteiger partial charge >= 0.3 is 0 Å². The minimum absolute atomic E-state index is 0.0978. The molecule has 3 aromatic rings. The Labute approximate surface area is 143 Å². The molecule has 0 aliphatic carbocycles. The molecule has 0 aliphatic rings. The molecule has 1 atom stereocenters. The second-order valence-electron chi connectivity index (χ2n) is 5.97. The number of nitrogens with two attached hydrogens (primary N) is 1. The normalized spacial score (nSPS) is 12.3. The van der Waals surface area contributed by atoms with Gasteiger partial charge in [0.25, 0.3) is 0 Å². The number of nitrogen functional groups attached to an aromatic ring is 1. The summed E-state index contributed by atoms with van der Waals surface area (Å²) in [5.74, 6) is -0.714. The topological polar surface area (TPSA) is 102 Å². The summed E-state index contributed by atoms with van der Waals surface area (Å²) in [7, 11) is 0. The number of fused-ring (bicyclic) bond motifs is 1. The van der Waals surface area contributed by atoms with Gasteiger partial charge < -0.3 is 10.8 Å². The van der Waals surface area contributed by atoms with E-state index in [2.05, 4.69) is 15.0 Å². The van der Waals surface area contributed by atoms with Crippen LogP contribution in [0.4, 0.5) is 10.2 Å². The maximum atomic E-state index is 14.0. The fourth-order valence-electron chi connectivity index (χ4n) is 2.52. The van der Waals surface area contributed by atoms with E-state index in [0.717, 1.165) is 0 Å². The number of halogens is 1. The van der Waals surface area contributed by atoms with Crippen LogP contribution in [0.15, 0.2) is 36.7 Å². The zero-order valence-electron chi connectivity index (χ0n) is 13.6. The highest BCUT2D eigenvalue weighted by atomic mass is 19.1. The summed E-state index contributed by atoms with van der Waals surface area (Å²) in [6, 6.07) is 7.49. The molecule has 3 N–H and O–H groups in total. The lowest BCUT2D eigenvalue weighted by molar-refractivity contribution is 0.0943. The number of anilines is 1. The number of rotatable bonds is 5. The number of nitrogens with zero attached hydrogens (tertiary/aromatic N) is 3. The lowest BCUT2D eigenvalue weighted by Crippen LogP contribution is -2.09. The Balaban J connectivity index is 2.03. The summed E-state index contributed by atoms with van der Waals surface area (Å²) in [5, 5.41) is 9.08. The van der Waals surface area contributed by atoms with Gasteiger partial charge in [0.2, 0.25) is 0 Å². The maximum absolute atomic E-state index is 14.0. The van der Waals surface area contributed by atoms with Gasteiger partial charge in [0.05, 0.1) is 11.2 Å². The van der Waals surface area contributed by atoms with Gasteiger partial charge in [-0.1, -0.05) is 6.92 Å². The number of pyridine rings is 1. The van der Waals surface area contributed by atoms with Crippen LogP contribution in [-0.2, 0) is 0 Å². The molecular weight excluding hydrogens is 323 g/mol. The van der Waals surface area contributed by atoms with Crippen molar-refractivity contribution >= 4 is 22.6 Å². The highest BCUT2D eigenvalue weighted by Gasteiger charge is 2.14. The summed E-state index contributed by atoms with van der Waals surface area (Å²) in [6.45, 7) is 1.66. The van der Waals surface area contributed by atoms with Crippen LogP contribution in [-0.4, -0.2) is 32.4 Å². The van der Waals surface area contributed by atoms with Gasteiger partial charge in [-0.25, -0.2) is 19.3 Å². The molecule has 6 nitrogen and oxygen atoms in total. The van der Waals surface area contributed by atoms with E-state index in [-0.39, 0.29) is 36.1 Å². The van der Waals surface area contributed by atoms with Crippen LogP contribution in [0.3, 0.4) is 0 Å². The van der Waals surface area contributed by atoms with E-state index in [9.17, 15) is 9.18 Å². The van der Waals surface area contributed by atoms with Crippen molar-refractivity contribution in [2.24, 2.45) is 5.92 Å². The van der Waals surface area contributed by atoms with Gasteiger partial charge in [-0.05, 0) is 36.2 Å². The van der Waals surface area contributed by atoms with Crippen LogP contribution in [0.1, 0.15) is 23.7 Å². The SMILES string of the molecule is CC(CO)CC(=O)c1cc(F)cc(-c2ccc3ncnc(N)c3n2)c1. The number of carbonyl (C=O) groups excluding carboxylic acids is 1. The van der Waals surface area contributed by atoms with Gasteiger partial charge in [-0.15, -0.1) is 0 Å². The Morgan fingerprint density at radius 1 is 1.28 bits per heavy atom. The largest absolute Gasteiger partial charge is 0.396 e. The predicted octanol–water partition coefficient (Wildman–Crippen LogP) is 2.61. The number of aromatic nitrogens is 3. The van der Waals surface area contributed by atoms with Gasteiger partial charge in [0, 0.05) is 24.2 Å². The fourth-order valence-corrected chi connectivity index (χ4v) is 2.52. The number of aliphatic hydroxyl groups excluding tert-OH is 1. The average Bonchev–Trinajstić information content (AvgIpc) is 2.61. The Morgan fingerprint density at radius 3 is 2.84 bits per heavy atom. The van der Waals surface area contributed by atoms with Crippen molar-refractivity contribution in [2.45, 2.75) is 13.3 Å². The van der Waals surface area contributed by atoms with Crippen molar-refractivity contribution in [3.63, 3.8) is 0 Å². The summed E-state index contributed by atoms with van der Waals surface area (Å²) < 4.78 is 14.0. The number of ketones is 1. The smallest absolute Gasteiger partial charge is 0.163 e. The molecule has 0 bridgehead atoms. The lowest BCUT2D eigenvalue weighted by Gasteiger charge is -2.09. The van der Waals surface area contributed by atoms with E-state index in [0.29, 0.717) is 22.3 Å². The van der Waals surface area contributed by atoms with E-state index >= 15 is 0 Å². The number of carbonyl (C=O) groups is 1. The second kappa shape index (κ2) is 6.90. The van der Waals surface area contributed by atoms with Crippen molar-refractivity contribution in [1.82, 2.24) is 15.0 Å². The Morgan fingerprint density at radius 2 is 2.08 bits per heavy atom.